The van der Waals surface area contributed by atoms with Crippen molar-refractivity contribution >= 4 is 15.8 Å². The van der Waals surface area contributed by atoms with Crippen molar-refractivity contribution in [3.8, 4) is 11.5 Å². The maximum Gasteiger partial charge on any atom is 0.338 e. The van der Waals surface area contributed by atoms with Crippen LogP contribution >= 0.6 is 0 Å². The topological polar surface area (TPSA) is 99.4 Å². The number of esters is 1. The van der Waals surface area contributed by atoms with E-state index >= 15 is 0 Å². The first-order chi connectivity index (χ1) is 12.7. The van der Waals surface area contributed by atoms with Gasteiger partial charge in [-0.3, -0.25) is 0 Å². The van der Waals surface area contributed by atoms with Crippen molar-refractivity contribution in [3.63, 3.8) is 0 Å². The third-order valence-corrected chi connectivity index (χ3v) is 5.02. The minimum absolute atomic E-state index is 0.131. The number of hydrogen-bond acceptors (Lipinski definition) is 7. The highest BCUT2D eigenvalue weighted by Gasteiger charge is 2.20. The fraction of sp³-hybridized carbons (Fsp3) is 0.211. The largest absolute Gasteiger partial charge is 0.449 e. The Bertz CT molecular complexity index is 1050. The Labute approximate surface area is 156 Å². The standard InChI is InChI=1S/C19H18N2O5S/c1-12-4-6-14(7-5-12)18-21-20-17(26-18)13(2)25-19(22)15-8-10-16(11-9-15)27(3,23)24/h4-11,13H,1-3H3/t13-/m1/s1. The Hall–Kier alpha value is -3.00. The Balaban J connectivity index is 1.71. The van der Waals surface area contributed by atoms with Gasteiger partial charge in [0.2, 0.25) is 5.89 Å². The van der Waals surface area contributed by atoms with Gasteiger partial charge >= 0.3 is 5.97 Å². The molecule has 140 valence electrons. The summed E-state index contributed by atoms with van der Waals surface area (Å²) in [7, 11) is -3.32. The van der Waals surface area contributed by atoms with E-state index in [0.29, 0.717) is 5.89 Å². The van der Waals surface area contributed by atoms with Crippen LogP contribution < -0.4 is 0 Å². The van der Waals surface area contributed by atoms with Gasteiger partial charge in [-0.05, 0) is 50.2 Å². The molecule has 0 radical (unpaired) electrons. The van der Waals surface area contributed by atoms with E-state index in [1.54, 1.807) is 6.92 Å². The summed E-state index contributed by atoms with van der Waals surface area (Å²) < 4.78 is 33.9. The predicted molar refractivity (Wildman–Crippen MR) is 97.9 cm³/mol. The van der Waals surface area contributed by atoms with E-state index in [-0.39, 0.29) is 16.3 Å². The van der Waals surface area contributed by atoms with Crippen LogP contribution in [0.15, 0.2) is 57.8 Å². The molecule has 0 saturated heterocycles. The molecule has 0 saturated carbocycles. The first-order valence-electron chi connectivity index (χ1n) is 8.15. The molecule has 0 spiro atoms. The SMILES string of the molecule is Cc1ccc(-c2nnc([C@@H](C)OC(=O)c3ccc(S(C)(=O)=O)cc3)o2)cc1. The van der Waals surface area contributed by atoms with Crippen LogP contribution in [0.1, 0.15) is 34.8 Å². The van der Waals surface area contributed by atoms with Crippen molar-refractivity contribution in [2.24, 2.45) is 0 Å². The average molecular weight is 386 g/mol. The molecule has 1 aromatic heterocycles. The lowest BCUT2D eigenvalue weighted by Crippen LogP contribution is -2.10. The highest BCUT2D eigenvalue weighted by molar-refractivity contribution is 7.90. The molecule has 3 aromatic rings. The van der Waals surface area contributed by atoms with E-state index in [1.165, 1.54) is 24.3 Å². The third-order valence-electron chi connectivity index (χ3n) is 3.89. The normalized spacial score (nSPS) is 12.6. The third kappa shape index (κ3) is 4.40. The van der Waals surface area contributed by atoms with Crippen LogP contribution in [-0.4, -0.2) is 30.8 Å². The van der Waals surface area contributed by atoms with Crippen molar-refractivity contribution in [1.29, 1.82) is 0 Å². The summed E-state index contributed by atoms with van der Waals surface area (Å²) in [6.45, 7) is 3.60. The molecule has 0 aliphatic rings. The van der Waals surface area contributed by atoms with Gasteiger partial charge in [0, 0.05) is 11.8 Å². The lowest BCUT2D eigenvalue weighted by atomic mass is 10.1. The number of benzene rings is 2. The number of nitrogens with zero attached hydrogens (tertiary/aromatic N) is 2. The quantitative estimate of drug-likeness (QED) is 0.620. The molecule has 27 heavy (non-hydrogen) atoms. The van der Waals surface area contributed by atoms with Crippen LogP contribution in [0.2, 0.25) is 0 Å². The number of sulfone groups is 1. The molecule has 0 N–H and O–H groups in total. The summed E-state index contributed by atoms with van der Waals surface area (Å²) in [5.74, 6) is -0.102. The molecule has 0 aliphatic heterocycles. The van der Waals surface area contributed by atoms with E-state index in [0.717, 1.165) is 17.4 Å². The Morgan fingerprint density at radius 2 is 1.67 bits per heavy atom. The van der Waals surface area contributed by atoms with E-state index in [9.17, 15) is 13.2 Å². The number of hydrogen-bond donors (Lipinski definition) is 0. The molecule has 0 aliphatic carbocycles. The van der Waals surface area contributed by atoms with E-state index in [2.05, 4.69) is 10.2 Å². The predicted octanol–water partition coefficient (Wildman–Crippen LogP) is 3.37. The van der Waals surface area contributed by atoms with E-state index in [4.69, 9.17) is 9.15 Å². The maximum absolute atomic E-state index is 12.2. The molecule has 1 heterocycles. The fourth-order valence-electron chi connectivity index (χ4n) is 2.33. The highest BCUT2D eigenvalue weighted by Crippen LogP contribution is 2.23. The molecule has 0 bridgehead atoms. The van der Waals surface area contributed by atoms with Crippen molar-refractivity contribution in [2.75, 3.05) is 6.26 Å². The van der Waals surface area contributed by atoms with Gasteiger partial charge in [-0.15, -0.1) is 10.2 Å². The minimum atomic E-state index is -3.32. The van der Waals surface area contributed by atoms with Gasteiger partial charge in [0.1, 0.15) is 0 Å². The number of aryl methyl sites for hydroxylation is 1. The van der Waals surface area contributed by atoms with Gasteiger partial charge in [-0.25, -0.2) is 13.2 Å². The van der Waals surface area contributed by atoms with Crippen molar-refractivity contribution in [3.05, 3.63) is 65.5 Å². The van der Waals surface area contributed by atoms with Crippen LogP contribution in [0.3, 0.4) is 0 Å². The van der Waals surface area contributed by atoms with E-state index < -0.39 is 21.9 Å². The van der Waals surface area contributed by atoms with Crippen LogP contribution in [-0.2, 0) is 14.6 Å². The summed E-state index contributed by atoms with van der Waals surface area (Å²) in [5, 5.41) is 7.92. The second-order valence-electron chi connectivity index (χ2n) is 6.16. The molecular formula is C19H18N2O5S. The number of carbonyl (C=O) groups excluding carboxylic acids is 1. The zero-order valence-corrected chi connectivity index (χ0v) is 15.9. The van der Waals surface area contributed by atoms with Gasteiger partial charge in [-0.2, -0.15) is 0 Å². The Kier molecular flexibility index (Phi) is 5.09. The number of rotatable bonds is 5. The molecule has 0 fully saturated rings. The summed E-state index contributed by atoms with van der Waals surface area (Å²) >= 11 is 0. The monoisotopic (exact) mass is 386 g/mol. The highest BCUT2D eigenvalue weighted by atomic mass is 32.2. The molecule has 0 unspecified atom stereocenters. The van der Waals surface area contributed by atoms with Gasteiger partial charge in [0.15, 0.2) is 15.9 Å². The van der Waals surface area contributed by atoms with E-state index in [1.807, 2.05) is 31.2 Å². The second-order valence-corrected chi connectivity index (χ2v) is 8.17. The summed E-state index contributed by atoms with van der Waals surface area (Å²) in [6.07, 6.45) is 0.350. The zero-order chi connectivity index (χ0) is 19.6. The Morgan fingerprint density at radius 3 is 2.26 bits per heavy atom. The van der Waals surface area contributed by atoms with Crippen LogP contribution in [0, 0.1) is 6.92 Å². The van der Waals surface area contributed by atoms with Crippen molar-refractivity contribution < 1.29 is 22.4 Å². The van der Waals surface area contributed by atoms with Crippen LogP contribution in [0.4, 0.5) is 0 Å². The lowest BCUT2D eigenvalue weighted by molar-refractivity contribution is 0.0279. The van der Waals surface area contributed by atoms with Crippen LogP contribution in [0.5, 0.6) is 0 Å². The molecule has 8 heteroatoms. The number of aromatic nitrogens is 2. The molecule has 3 rings (SSSR count). The number of carbonyl (C=O) groups is 1. The van der Waals surface area contributed by atoms with Crippen molar-refractivity contribution in [1.82, 2.24) is 10.2 Å². The molecular weight excluding hydrogens is 368 g/mol. The minimum Gasteiger partial charge on any atom is -0.449 e. The van der Waals surface area contributed by atoms with Crippen molar-refractivity contribution in [2.45, 2.75) is 24.8 Å². The van der Waals surface area contributed by atoms with Crippen LogP contribution in [0.25, 0.3) is 11.5 Å². The zero-order valence-electron chi connectivity index (χ0n) is 15.0. The Morgan fingerprint density at radius 1 is 1.04 bits per heavy atom. The molecule has 2 aromatic carbocycles. The maximum atomic E-state index is 12.2. The van der Waals surface area contributed by atoms with Gasteiger partial charge in [-0.1, -0.05) is 17.7 Å². The van der Waals surface area contributed by atoms with Gasteiger partial charge < -0.3 is 9.15 Å². The molecule has 0 amide bonds. The molecule has 1 atom stereocenters. The van der Waals surface area contributed by atoms with Gasteiger partial charge in [0.25, 0.3) is 5.89 Å². The summed E-state index contributed by atoms with van der Waals surface area (Å²) in [6, 6.07) is 13.1. The average Bonchev–Trinajstić information content (AvgIpc) is 3.12. The smallest absolute Gasteiger partial charge is 0.338 e. The lowest BCUT2D eigenvalue weighted by Gasteiger charge is -2.09. The fourth-order valence-corrected chi connectivity index (χ4v) is 2.96. The van der Waals surface area contributed by atoms with Gasteiger partial charge in [0.05, 0.1) is 10.5 Å². The first-order valence-corrected chi connectivity index (χ1v) is 10.0. The first kappa shape index (κ1) is 18.8. The molecule has 7 nitrogen and oxygen atoms in total. The number of ether oxygens (including phenoxy) is 1. The second kappa shape index (κ2) is 7.32. The summed E-state index contributed by atoms with van der Waals surface area (Å²) in [4.78, 5) is 12.4. The summed E-state index contributed by atoms with van der Waals surface area (Å²) in [5.41, 5.74) is 2.12.